The van der Waals surface area contributed by atoms with Crippen molar-refractivity contribution in [2.45, 2.75) is 72.1 Å². The van der Waals surface area contributed by atoms with Gasteiger partial charge in [0.1, 0.15) is 5.78 Å². The third kappa shape index (κ3) is 1.63. The number of carbonyl (C=O) groups is 1. The lowest BCUT2D eigenvalue weighted by Gasteiger charge is -2.63. The molecule has 1 spiro atoms. The predicted octanol–water partition coefficient (Wildman–Crippen LogP) is 4.21. The van der Waals surface area contributed by atoms with Gasteiger partial charge in [-0.15, -0.1) is 0 Å². The molecule has 22 heavy (non-hydrogen) atoms. The Morgan fingerprint density at radius 3 is 2.59 bits per heavy atom. The van der Waals surface area contributed by atoms with Crippen LogP contribution in [0.5, 0.6) is 0 Å². The van der Waals surface area contributed by atoms with Crippen molar-refractivity contribution in [3.05, 3.63) is 0 Å². The molecule has 4 fully saturated rings. The summed E-state index contributed by atoms with van der Waals surface area (Å²) < 4.78 is 0. The second-order valence-electron chi connectivity index (χ2n) is 9.67. The number of hydrogen-bond donors (Lipinski definition) is 1. The zero-order valence-corrected chi connectivity index (χ0v) is 14.5. The van der Waals surface area contributed by atoms with Crippen LogP contribution in [0.1, 0.15) is 72.1 Å². The molecule has 4 rings (SSSR count). The molecule has 2 bridgehead atoms. The summed E-state index contributed by atoms with van der Waals surface area (Å²) >= 11 is 0. The van der Waals surface area contributed by atoms with Crippen LogP contribution in [0.4, 0.5) is 0 Å². The average molecular weight is 304 g/mol. The lowest BCUT2D eigenvalue weighted by Crippen LogP contribution is -2.58. The van der Waals surface area contributed by atoms with Gasteiger partial charge in [-0.05, 0) is 73.5 Å². The van der Waals surface area contributed by atoms with Crippen molar-refractivity contribution in [2.24, 2.45) is 39.9 Å². The Morgan fingerprint density at radius 1 is 1.09 bits per heavy atom. The number of Topliss-reactive ketones (excluding diaryl/α,β-unsaturated/α-hetero) is 1. The van der Waals surface area contributed by atoms with Crippen molar-refractivity contribution in [3.8, 4) is 0 Å². The normalized spacial score (nSPS) is 57.4. The third-order valence-electron chi connectivity index (χ3n) is 8.87. The van der Waals surface area contributed by atoms with Gasteiger partial charge in [0.25, 0.3) is 0 Å². The first kappa shape index (κ1) is 15.2. The Hall–Kier alpha value is -0.370. The molecular formula is C20H32O2. The third-order valence-corrected chi connectivity index (χ3v) is 8.87. The summed E-state index contributed by atoms with van der Waals surface area (Å²) in [6.07, 6.45) is 9.62. The van der Waals surface area contributed by atoms with Gasteiger partial charge >= 0.3 is 0 Å². The molecule has 0 heterocycles. The lowest BCUT2D eigenvalue weighted by molar-refractivity contribution is -0.169. The van der Waals surface area contributed by atoms with Gasteiger partial charge in [0, 0.05) is 17.9 Å². The number of aliphatic hydroxyl groups is 1. The Kier molecular flexibility index (Phi) is 3.16. The van der Waals surface area contributed by atoms with Crippen LogP contribution < -0.4 is 0 Å². The highest BCUT2D eigenvalue weighted by Crippen LogP contribution is 2.71. The number of fused-ring (bicyclic) bond motifs is 3. The highest BCUT2D eigenvalue weighted by molar-refractivity contribution is 5.90. The van der Waals surface area contributed by atoms with Crippen molar-refractivity contribution < 1.29 is 9.90 Å². The van der Waals surface area contributed by atoms with Crippen molar-refractivity contribution in [1.82, 2.24) is 0 Å². The number of aliphatic hydroxyl groups excluding tert-OH is 1. The minimum atomic E-state index is 0.0152. The fourth-order valence-electron chi connectivity index (χ4n) is 7.80. The van der Waals surface area contributed by atoms with E-state index in [0.29, 0.717) is 36.1 Å². The Labute approximate surface area is 135 Å². The molecule has 0 aliphatic heterocycles. The van der Waals surface area contributed by atoms with Crippen LogP contribution in [0, 0.1) is 39.9 Å². The molecule has 1 N–H and O–H groups in total. The van der Waals surface area contributed by atoms with Gasteiger partial charge in [-0.25, -0.2) is 0 Å². The van der Waals surface area contributed by atoms with Crippen molar-refractivity contribution in [3.63, 3.8) is 0 Å². The van der Waals surface area contributed by atoms with Gasteiger partial charge in [0.2, 0.25) is 0 Å². The first-order chi connectivity index (χ1) is 10.4. The van der Waals surface area contributed by atoms with Gasteiger partial charge in [-0.2, -0.15) is 0 Å². The summed E-state index contributed by atoms with van der Waals surface area (Å²) in [5.41, 5.74) is 0.374. The van der Waals surface area contributed by atoms with E-state index in [-0.39, 0.29) is 16.2 Å². The minimum Gasteiger partial charge on any atom is -0.396 e. The molecule has 4 aliphatic rings. The van der Waals surface area contributed by atoms with Crippen LogP contribution in [-0.4, -0.2) is 17.5 Å². The molecule has 2 heteroatoms. The first-order valence-electron chi connectivity index (χ1n) is 9.53. The monoisotopic (exact) mass is 304 g/mol. The van der Waals surface area contributed by atoms with Gasteiger partial charge in [0.05, 0.1) is 0 Å². The van der Waals surface area contributed by atoms with Crippen LogP contribution in [-0.2, 0) is 4.79 Å². The van der Waals surface area contributed by atoms with E-state index in [4.69, 9.17) is 0 Å². The quantitative estimate of drug-likeness (QED) is 0.788. The number of carbonyl (C=O) groups excluding carboxylic acids is 1. The van der Waals surface area contributed by atoms with Crippen molar-refractivity contribution >= 4 is 5.78 Å². The van der Waals surface area contributed by atoms with E-state index < -0.39 is 0 Å². The Balaban J connectivity index is 1.76. The summed E-state index contributed by atoms with van der Waals surface area (Å²) in [4.78, 5) is 13.1. The van der Waals surface area contributed by atoms with Crippen molar-refractivity contribution in [1.29, 1.82) is 0 Å². The van der Waals surface area contributed by atoms with Crippen LogP contribution in [0.15, 0.2) is 0 Å². The van der Waals surface area contributed by atoms with Crippen LogP contribution >= 0.6 is 0 Å². The summed E-state index contributed by atoms with van der Waals surface area (Å²) in [5, 5.41) is 10.1. The van der Waals surface area contributed by atoms with E-state index in [1.54, 1.807) is 0 Å². The molecule has 0 aromatic heterocycles. The molecule has 0 aromatic carbocycles. The van der Waals surface area contributed by atoms with E-state index in [2.05, 4.69) is 20.8 Å². The average Bonchev–Trinajstić information content (AvgIpc) is 2.68. The molecular weight excluding hydrogens is 272 g/mol. The zero-order valence-electron chi connectivity index (χ0n) is 14.5. The van der Waals surface area contributed by atoms with E-state index >= 15 is 0 Å². The molecule has 0 amide bonds. The molecule has 0 unspecified atom stereocenters. The standard InChI is InChI=1S/C20H32O2/c1-13-14-5-6-16-19(3)9-4-8-18(2,12-21)15(19)7-10-20(16,11-14)17(13)22/h13-16,21H,4-12H2,1-3H3/t13-,14-,15+,16-,18-,19-,20-/m1/s1. The molecule has 0 aromatic rings. The fraction of sp³-hybridized carbons (Fsp3) is 0.950. The van der Waals surface area contributed by atoms with Gasteiger partial charge in [-0.1, -0.05) is 27.2 Å². The first-order valence-corrected chi connectivity index (χ1v) is 9.53. The molecule has 4 saturated carbocycles. The summed E-state index contributed by atoms with van der Waals surface area (Å²) in [7, 11) is 0. The van der Waals surface area contributed by atoms with Crippen LogP contribution in [0.2, 0.25) is 0 Å². The van der Waals surface area contributed by atoms with Gasteiger partial charge < -0.3 is 5.11 Å². The second-order valence-corrected chi connectivity index (χ2v) is 9.67. The molecule has 7 atom stereocenters. The molecule has 0 radical (unpaired) electrons. The van der Waals surface area contributed by atoms with Crippen LogP contribution in [0.25, 0.3) is 0 Å². The Bertz CT molecular complexity index is 500. The van der Waals surface area contributed by atoms with Crippen LogP contribution in [0.3, 0.4) is 0 Å². The minimum absolute atomic E-state index is 0.0152. The SMILES string of the molecule is C[C@H]1C(=O)[C@@]23CC[C@H]4[C@@](C)(CO)CCC[C@@]4(C)[C@H]2CC[C@@H]1C3. The van der Waals surface area contributed by atoms with E-state index in [0.717, 1.165) is 19.3 Å². The largest absolute Gasteiger partial charge is 0.396 e. The molecule has 0 saturated heterocycles. The van der Waals surface area contributed by atoms with Gasteiger partial charge in [-0.3, -0.25) is 4.79 Å². The fourth-order valence-corrected chi connectivity index (χ4v) is 7.80. The second kappa shape index (κ2) is 4.59. The Morgan fingerprint density at radius 2 is 1.86 bits per heavy atom. The highest BCUT2D eigenvalue weighted by atomic mass is 16.3. The summed E-state index contributed by atoms with van der Waals surface area (Å²) in [6.45, 7) is 7.29. The van der Waals surface area contributed by atoms with E-state index in [9.17, 15) is 9.90 Å². The maximum Gasteiger partial charge on any atom is 0.142 e. The molecule has 2 nitrogen and oxygen atoms in total. The van der Waals surface area contributed by atoms with E-state index in [1.807, 2.05) is 0 Å². The predicted molar refractivity (Wildman–Crippen MR) is 87.3 cm³/mol. The maximum atomic E-state index is 13.1. The number of hydrogen-bond acceptors (Lipinski definition) is 2. The van der Waals surface area contributed by atoms with Crippen molar-refractivity contribution in [2.75, 3.05) is 6.61 Å². The zero-order chi connectivity index (χ0) is 15.8. The summed E-state index contributed by atoms with van der Waals surface area (Å²) in [6, 6.07) is 0. The summed E-state index contributed by atoms with van der Waals surface area (Å²) in [5.74, 6) is 2.76. The molecule has 124 valence electrons. The highest BCUT2D eigenvalue weighted by Gasteiger charge is 2.67. The molecule has 4 aliphatic carbocycles. The smallest absolute Gasteiger partial charge is 0.142 e. The maximum absolute atomic E-state index is 13.1. The lowest BCUT2D eigenvalue weighted by atomic mass is 9.41. The number of ketones is 1. The van der Waals surface area contributed by atoms with Gasteiger partial charge in [0.15, 0.2) is 0 Å². The van der Waals surface area contributed by atoms with E-state index in [1.165, 1.54) is 32.1 Å². The number of rotatable bonds is 1. The topological polar surface area (TPSA) is 37.3 Å².